The Hall–Kier alpha value is -3.84. The van der Waals surface area contributed by atoms with Crippen LogP contribution in [0.3, 0.4) is 0 Å². The van der Waals surface area contributed by atoms with Crippen LogP contribution in [0.15, 0.2) is 63.7 Å². The van der Waals surface area contributed by atoms with Crippen LogP contribution in [0.4, 0.5) is 8.78 Å². The fraction of sp³-hybridized carbons (Fsp3) is 0.355. The fourth-order valence-electron chi connectivity index (χ4n) is 4.38. The van der Waals surface area contributed by atoms with Crippen molar-refractivity contribution in [3.63, 3.8) is 0 Å². The Balaban J connectivity index is 0.000000240. The summed E-state index contributed by atoms with van der Waals surface area (Å²) in [5.74, 6) is -1.87. The fourth-order valence-corrected chi connectivity index (χ4v) is 5.35. The van der Waals surface area contributed by atoms with Crippen LogP contribution in [-0.2, 0) is 19.4 Å². The Kier molecular flexibility index (Phi) is 11.6. The Morgan fingerprint density at radius 1 is 0.909 bits per heavy atom. The number of methoxy groups -OCH3 is 1. The number of hydrogen-bond donors (Lipinski definition) is 0. The molecular formula is C31H34F2N4O5S2. The molecule has 2 aromatic carbocycles. The van der Waals surface area contributed by atoms with Crippen LogP contribution in [0.2, 0.25) is 0 Å². The number of aromatic nitrogens is 2. The van der Waals surface area contributed by atoms with Gasteiger partial charge in [0, 0.05) is 17.5 Å². The van der Waals surface area contributed by atoms with Gasteiger partial charge in [0.1, 0.15) is 17.6 Å². The van der Waals surface area contributed by atoms with Crippen molar-refractivity contribution in [2.45, 2.75) is 44.3 Å². The zero-order valence-corrected chi connectivity index (χ0v) is 27.0. The van der Waals surface area contributed by atoms with E-state index in [4.69, 9.17) is 4.74 Å². The molecule has 3 aromatic rings. The average molecular weight is 645 g/mol. The Labute approximate surface area is 260 Å². The number of carbonyl (C=O) groups is 2. The predicted octanol–water partition coefficient (Wildman–Crippen LogP) is 5.78. The summed E-state index contributed by atoms with van der Waals surface area (Å²) in [6, 6.07) is 11.3. The summed E-state index contributed by atoms with van der Waals surface area (Å²) in [6.45, 7) is 7.57. The van der Waals surface area contributed by atoms with Gasteiger partial charge in [-0.05, 0) is 60.1 Å². The lowest BCUT2D eigenvalue weighted by molar-refractivity contribution is -0.141. The van der Waals surface area contributed by atoms with Crippen molar-refractivity contribution in [3.05, 3.63) is 77.0 Å². The second-order valence-corrected chi connectivity index (χ2v) is 13.3. The highest BCUT2D eigenvalue weighted by Gasteiger charge is 2.36. The molecular weight excluding hydrogens is 610 g/mol. The monoisotopic (exact) mass is 644 g/mol. The smallest absolute Gasteiger partial charge is 0.320 e. The molecule has 2 heterocycles. The van der Waals surface area contributed by atoms with Crippen molar-refractivity contribution in [1.29, 1.82) is 0 Å². The van der Waals surface area contributed by atoms with E-state index in [0.29, 0.717) is 28.8 Å². The van der Waals surface area contributed by atoms with Gasteiger partial charge >= 0.3 is 5.97 Å². The number of benzene rings is 2. The number of rotatable bonds is 8. The third-order valence-electron chi connectivity index (χ3n) is 6.53. The van der Waals surface area contributed by atoms with Crippen molar-refractivity contribution in [2.24, 2.45) is 21.8 Å². The van der Waals surface area contributed by atoms with E-state index in [2.05, 4.69) is 20.0 Å². The molecule has 0 spiro atoms. The minimum Gasteiger partial charge on any atom is -0.468 e. The maximum atomic E-state index is 13.2. The molecule has 9 nitrogen and oxygen atoms in total. The minimum absolute atomic E-state index is 0.0877. The van der Waals surface area contributed by atoms with Crippen molar-refractivity contribution in [2.75, 3.05) is 19.6 Å². The number of ether oxygens (including phenoxy) is 1. The summed E-state index contributed by atoms with van der Waals surface area (Å²) in [7, 11) is -2.28. The molecule has 0 saturated carbocycles. The van der Waals surface area contributed by atoms with Crippen molar-refractivity contribution >= 4 is 45.3 Å². The van der Waals surface area contributed by atoms with Gasteiger partial charge in [0.05, 0.1) is 29.8 Å². The van der Waals surface area contributed by atoms with Gasteiger partial charge in [-0.15, -0.1) is 11.8 Å². The topological polar surface area (TPSA) is 128 Å². The number of thioether (sulfide) groups is 1. The molecule has 1 aliphatic heterocycles. The molecule has 0 saturated heterocycles. The summed E-state index contributed by atoms with van der Waals surface area (Å²) in [5.41, 5.74) is 2.97. The van der Waals surface area contributed by atoms with Gasteiger partial charge in [-0.1, -0.05) is 39.8 Å². The Morgan fingerprint density at radius 3 is 1.89 bits per heavy atom. The SMILES string of the molecule is CC(C)c1nc(S(C)(=O)=O)nc(-c2ccc(F)cc2)c1C=O.COC(=O)C1C(c2ccc(F)cc2)=NC(SC)N=C1C(C)C. The number of halogens is 2. The number of carbonyl (C=O) groups excluding carboxylic acids is 2. The highest BCUT2D eigenvalue weighted by molar-refractivity contribution is 7.99. The number of hydrogen-bond acceptors (Lipinski definition) is 10. The molecule has 13 heteroatoms. The molecule has 44 heavy (non-hydrogen) atoms. The molecule has 1 aromatic heterocycles. The summed E-state index contributed by atoms with van der Waals surface area (Å²) >= 11 is 1.49. The lowest BCUT2D eigenvalue weighted by atomic mass is 9.86. The van der Waals surface area contributed by atoms with Crippen LogP contribution in [0, 0.1) is 23.5 Å². The quantitative estimate of drug-likeness (QED) is 0.171. The first-order valence-electron chi connectivity index (χ1n) is 13.6. The zero-order chi connectivity index (χ0) is 32.8. The Bertz CT molecular complexity index is 1670. The van der Waals surface area contributed by atoms with Crippen LogP contribution in [0.1, 0.15) is 55.2 Å². The van der Waals surface area contributed by atoms with E-state index in [0.717, 1.165) is 12.0 Å². The molecule has 4 rings (SSSR count). The summed E-state index contributed by atoms with van der Waals surface area (Å²) in [6.07, 6.45) is 3.51. The number of aldehydes is 1. The maximum Gasteiger partial charge on any atom is 0.320 e. The average Bonchev–Trinajstić information content (AvgIpc) is 2.99. The summed E-state index contributed by atoms with van der Waals surface area (Å²) < 4.78 is 54.7. The van der Waals surface area contributed by atoms with Crippen LogP contribution in [0.5, 0.6) is 0 Å². The van der Waals surface area contributed by atoms with E-state index in [1.807, 2.05) is 20.1 Å². The van der Waals surface area contributed by atoms with E-state index in [9.17, 15) is 26.8 Å². The van der Waals surface area contributed by atoms with Crippen molar-refractivity contribution in [1.82, 2.24) is 9.97 Å². The summed E-state index contributed by atoms with van der Waals surface area (Å²) in [4.78, 5) is 40.8. The van der Waals surface area contributed by atoms with E-state index in [1.165, 1.54) is 55.3 Å². The summed E-state index contributed by atoms with van der Waals surface area (Å²) in [5, 5.41) is -0.346. The second-order valence-electron chi connectivity index (χ2n) is 10.5. The molecule has 0 N–H and O–H groups in total. The van der Waals surface area contributed by atoms with Crippen LogP contribution in [0.25, 0.3) is 11.3 Å². The standard InChI is InChI=1S/C16H19FN2O2S.C15H15FN2O3S/c1-9(2)13-12(15(20)21-3)14(19-16(18-13)22-4)10-5-7-11(17)8-6-10;1-9(2)13-12(8-19)14(10-4-6-11(16)7-5-10)18-15(17-13)22(3,20)21/h5-9,12,16H,1-4H3;4-9H,1-3H3. The number of sulfone groups is 1. The third kappa shape index (κ3) is 8.20. The van der Waals surface area contributed by atoms with Gasteiger partial charge in [-0.25, -0.2) is 27.2 Å². The lowest BCUT2D eigenvalue weighted by Crippen LogP contribution is -2.39. The van der Waals surface area contributed by atoms with Crippen LogP contribution in [-0.4, -0.2) is 67.2 Å². The molecule has 0 radical (unpaired) electrons. The number of aliphatic imine (C=N–C) groups is 2. The minimum atomic E-state index is -3.63. The first-order valence-corrected chi connectivity index (χ1v) is 16.7. The highest BCUT2D eigenvalue weighted by atomic mass is 32.2. The van der Waals surface area contributed by atoms with E-state index in [-0.39, 0.29) is 39.6 Å². The van der Waals surface area contributed by atoms with Gasteiger partial charge < -0.3 is 4.74 Å². The first kappa shape index (κ1) is 34.6. The first-order chi connectivity index (χ1) is 20.7. The predicted molar refractivity (Wildman–Crippen MR) is 168 cm³/mol. The molecule has 1 aliphatic rings. The molecule has 0 aliphatic carbocycles. The molecule has 2 atom stereocenters. The van der Waals surface area contributed by atoms with Gasteiger partial charge in [0.2, 0.25) is 15.0 Å². The van der Waals surface area contributed by atoms with Crippen molar-refractivity contribution < 1.29 is 31.5 Å². The van der Waals surface area contributed by atoms with Gasteiger partial charge in [-0.2, -0.15) is 0 Å². The third-order valence-corrected chi connectivity index (χ3v) is 8.00. The second kappa shape index (κ2) is 14.8. The maximum absolute atomic E-state index is 13.2. The van der Waals surface area contributed by atoms with Gasteiger partial charge in [0.15, 0.2) is 11.8 Å². The number of esters is 1. The molecule has 234 valence electrons. The zero-order valence-electron chi connectivity index (χ0n) is 25.4. The van der Waals surface area contributed by atoms with E-state index >= 15 is 0 Å². The van der Waals surface area contributed by atoms with E-state index in [1.54, 1.807) is 26.0 Å². The molecule has 2 unspecified atom stereocenters. The van der Waals surface area contributed by atoms with Gasteiger partial charge in [0.25, 0.3) is 0 Å². The molecule has 0 fully saturated rings. The Morgan fingerprint density at radius 2 is 1.45 bits per heavy atom. The molecule has 0 bridgehead atoms. The van der Waals surface area contributed by atoms with E-state index < -0.39 is 27.5 Å². The number of nitrogens with zero attached hydrogens (tertiary/aromatic N) is 4. The van der Waals surface area contributed by atoms with Crippen LogP contribution < -0.4 is 0 Å². The highest BCUT2D eigenvalue weighted by Crippen LogP contribution is 2.29. The molecule has 0 amide bonds. The normalized spacial score (nSPS) is 16.5. The largest absolute Gasteiger partial charge is 0.468 e. The lowest BCUT2D eigenvalue weighted by Gasteiger charge is -2.27. The van der Waals surface area contributed by atoms with Crippen LogP contribution >= 0.6 is 11.8 Å². The van der Waals surface area contributed by atoms with Crippen molar-refractivity contribution in [3.8, 4) is 11.3 Å². The van der Waals surface area contributed by atoms with Gasteiger partial charge in [-0.3, -0.25) is 19.6 Å².